The molecule has 2 unspecified atom stereocenters. The highest BCUT2D eigenvalue weighted by atomic mass is 19.4. The number of hydrogen-bond acceptors (Lipinski definition) is 8. The fourth-order valence-electron chi connectivity index (χ4n) is 4.05. The van der Waals surface area contributed by atoms with Gasteiger partial charge < -0.3 is 25.1 Å². The standard InChI is InChI=1S/C19H22F3N5O4/c1-9-17(28)25-27(31-18(29)19(20,21)22)16-8-30-15-4-12(10-2-3-10)13(5-14(15)26(9)16)24-11-6-23-7-11/h4-5,9-11,16,23-24H,2-3,6-8H2,1H3,(H,25,28). The number of ether oxygens (including phenoxy) is 1. The van der Waals surface area contributed by atoms with Crippen LogP contribution in [0.25, 0.3) is 0 Å². The van der Waals surface area contributed by atoms with Crippen molar-refractivity contribution in [2.45, 2.75) is 50.1 Å². The molecular formula is C19H22F3N5O4. The van der Waals surface area contributed by atoms with Crippen LogP contribution in [-0.2, 0) is 14.4 Å². The van der Waals surface area contributed by atoms with Crippen LogP contribution in [0.2, 0.25) is 0 Å². The van der Waals surface area contributed by atoms with Crippen molar-refractivity contribution in [1.82, 2.24) is 15.9 Å². The molecule has 1 aromatic carbocycles. The Kier molecular flexibility index (Phi) is 4.66. The Morgan fingerprint density at radius 3 is 2.65 bits per heavy atom. The summed E-state index contributed by atoms with van der Waals surface area (Å²) in [5.74, 6) is -2.02. The predicted octanol–water partition coefficient (Wildman–Crippen LogP) is 1.23. The van der Waals surface area contributed by atoms with E-state index in [9.17, 15) is 22.8 Å². The van der Waals surface area contributed by atoms with Gasteiger partial charge in [-0.25, -0.2) is 4.79 Å². The van der Waals surface area contributed by atoms with Gasteiger partial charge >= 0.3 is 12.1 Å². The molecule has 2 saturated heterocycles. The molecule has 3 fully saturated rings. The van der Waals surface area contributed by atoms with Crippen LogP contribution in [0.4, 0.5) is 24.5 Å². The molecule has 1 amide bonds. The number of hydroxylamine groups is 1. The molecule has 0 radical (unpaired) electrons. The predicted molar refractivity (Wildman–Crippen MR) is 102 cm³/mol. The zero-order chi connectivity index (χ0) is 21.9. The maximum atomic E-state index is 12.7. The van der Waals surface area contributed by atoms with Crippen molar-refractivity contribution in [3.63, 3.8) is 0 Å². The zero-order valence-corrected chi connectivity index (χ0v) is 16.7. The molecule has 5 rings (SSSR count). The van der Waals surface area contributed by atoms with E-state index in [1.165, 1.54) is 0 Å². The van der Waals surface area contributed by atoms with E-state index in [4.69, 9.17) is 4.74 Å². The van der Waals surface area contributed by atoms with Crippen molar-refractivity contribution in [2.24, 2.45) is 0 Å². The zero-order valence-electron chi connectivity index (χ0n) is 16.7. The molecule has 0 aromatic heterocycles. The van der Waals surface area contributed by atoms with E-state index in [0.717, 1.165) is 37.2 Å². The average molecular weight is 441 g/mol. The van der Waals surface area contributed by atoms with Crippen LogP contribution in [0.15, 0.2) is 12.1 Å². The third-order valence-corrected chi connectivity index (χ3v) is 5.98. The number of nitrogens with zero attached hydrogens (tertiary/aromatic N) is 2. The lowest BCUT2D eigenvalue weighted by atomic mass is 10.0. The number of anilines is 2. The summed E-state index contributed by atoms with van der Waals surface area (Å²) in [7, 11) is 0. The van der Waals surface area contributed by atoms with Crippen molar-refractivity contribution in [1.29, 1.82) is 0 Å². The van der Waals surface area contributed by atoms with Crippen LogP contribution in [0, 0.1) is 0 Å². The molecule has 4 aliphatic rings. The number of amides is 1. The lowest BCUT2D eigenvalue weighted by molar-refractivity contribution is -0.265. The van der Waals surface area contributed by atoms with Gasteiger partial charge in [0, 0.05) is 18.8 Å². The molecule has 3 N–H and O–H groups in total. The van der Waals surface area contributed by atoms with Gasteiger partial charge in [0.05, 0.1) is 11.7 Å². The summed E-state index contributed by atoms with van der Waals surface area (Å²) in [6.07, 6.45) is -3.97. The number of hydrazine groups is 1. The highest BCUT2D eigenvalue weighted by Crippen LogP contribution is 2.49. The summed E-state index contributed by atoms with van der Waals surface area (Å²) >= 11 is 0. The first kappa shape index (κ1) is 20.2. The number of nitrogens with one attached hydrogen (secondary N) is 3. The van der Waals surface area contributed by atoms with Crippen LogP contribution in [0.5, 0.6) is 5.75 Å². The minimum Gasteiger partial charge on any atom is -0.488 e. The highest BCUT2D eigenvalue weighted by Gasteiger charge is 2.49. The van der Waals surface area contributed by atoms with E-state index in [1.807, 2.05) is 12.1 Å². The number of hydrogen-bond donors (Lipinski definition) is 3. The van der Waals surface area contributed by atoms with Crippen molar-refractivity contribution in [3.8, 4) is 5.75 Å². The Hall–Kier alpha value is -2.73. The summed E-state index contributed by atoms with van der Waals surface area (Å²) in [6.45, 7) is 3.22. The van der Waals surface area contributed by atoms with E-state index in [1.54, 1.807) is 11.8 Å². The third kappa shape index (κ3) is 3.63. The third-order valence-electron chi connectivity index (χ3n) is 5.98. The summed E-state index contributed by atoms with van der Waals surface area (Å²) < 4.78 is 44.0. The molecule has 3 aliphatic heterocycles. The molecule has 9 nitrogen and oxygen atoms in total. The van der Waals surface area contributed by atoms with Gasteiger partial charge in [0.25, 0.3) is 5.91 Å². The Morgan fingerprint density at radius 2 is 2.03 bits per heavy atom. The summed E-state index contributed by atoms with van der Waals surface area (Å²) in [6, 6.07) is 3.40. The van der Waals surface area contributed by atoms with Crippen molar-refractivity contribution >= 4 is 23.3 Å². The van der Waals surface area contributed by atoms with Gasteiger partial charge in [-0.1, -0.05) is 0 Å². The van der Waals surface area contributed by atoms with Crippen LogP contribution < -0.4 is 25.7 Å². The number of halogens is 3. The van der Waals surface area contributed by atoms with Crippen LogP contribution in [0.3, 0.4) is 0 Å². The van der Waals surface area contributed by atoms with Crippen molar-refractivity contribution < 1.29 is 32.3 Å². The monoisotopic (exact) mass is 441 g/mol. The number of rotatable bonds is 4. The minimum atomic E-state index is -5.20. The first-order valence-electron chi connectivity index (χ1n) is 10.2. The maximum Gasteiger partial charge on any atom is 0.492 e. The Balaban J connectivity index is 1.48. The molecule has 1 aliphatic carbocycles. The van der Waals surface area contributed by atoms with Gasteiger partial charge in [-0.3, -0.25) is 10.2 Å². The molecule has 3 heterocycles. The van der Waals surface area contributed by atoms with Gasteiger partial charge in [-0.2, -0.15) is 13.2 Å². The number of fused-ring (bicyclic) bond motifs is 3. The van der Waals surface area contributed by atoms with Gasteiger partial charge in [0.1, 0.15) is 18.4 Å². The normalized spacial score (nSPS) is 26.2. The van der Waals surface area contributed by atoms with Crippen LogP contribution in [-0.4, -0.2) is 61.2 Å². The molecule has 2 atom stereocenters. The number of carbonyl (C=O) groups excluding carboxylic acids is 2. The van der Waals surface area contributed by atoms with Crippen molar-refractivity contribution in [2.75, 3.05) is 29.9 Å². The van der Waals surface area contributed by atoms with E-state index < -0.39 is 30.3 Å². The Morgan fingerprint density at radius 1 is 1.29 bits per heavy atom. The highest BCUT2D eigenvalue weighted by molar-refractivity contribution is 5.88. The lowest BCUT2D eigenvalue weighted by Crippen LogP contribution is -2.70. The molecule has 168 valence electrons. The summed E-state index contributed by atoms with van der Waals surface area (Å²) in [5, 5.41) is 7.24. The van der Waals surface area contributed by atoms with Gasteiger partial charge in [-0.15, -0.1) is 0 Å². The summed E-state index contributed by atoms with van der Waals surface area (Å²) in [5.41, 5.74) is 4.83. The fourth-order valence-corrected chi connectivity index (χ4v) is 4.05. The lowest BCUT2D eigenvalue weighted by Gasteiger charge is -2.48. The fraction of sp³-hybridized carbons (Fsp3) is 0.579. The second kappa shape index (κ2) is 7.16. The van der Waals surface area contributed by atoms with Gasteiger partial charge in [-0.05, 0) is 48.6 Å². The van der Waals surface area contributed by atoms with Crippen LogP contribution >= 0.6 is 0 Å². The molecule has 1 aromatic rings. The topological polar surface area (TPSA) is 95.2 Å². The van der Waals surface area contributed by atoms with Crippen LogP contribution in [0.1, 0.15) is 31.2 Å². The number of benzene rings is 1. The van der Waals surface area contributed by atoms with Crippen molar-refractivity contribution in [3.05, 3.63) is 17.7 Å². The number of alkyl halides is 3. The smallest absolute Gasteiger partial charge is 0.488 e. The van der Waals surface area contributed by atoms with Gasteiger partial charge in [0.15, 0.2) is 6.17 Å². The summed E-state index contributed by atoms with van der Waals surface area (Å²) in [4.78, 5) is 29.9. The first-order valence-corrected chi connectivity index (χ1v) is 10.2. The average Bonchev–Trinajstić information content (AvgIpc) is 3.51. The quantitative estimate of drug-likeness (QED) is 0.643. The molecule has 12 heteroatoms. The van der Waals surface area contributed by atoms with Gasteiger partial charge in [0.2, 0.25) is 0 Å². The SMILES string of the molecule is CC1C(=O)NN(OC(=O)C(F)(F)F)C2COc3cc(C4CC4)c(NC4CNC4)cc3N12. The molecule has 31 heavy (non-hydrogen) atoms. The Bertz CT molecular complexity index is 919. The van der Waals surface area contributed by atoms with E-state index in [0.29, 0.717) is 22.5 Å². The second-order valence-corrected chi connectivity index (χ2v) is 8.23. The van der Waals surface area contributed by atoms with E-state index in [2.05, 4.69) is 20.9 Å². The molecule has 0 spiro atoms. The number of carbonyl (C=O) groups is 2. The Labute approximate surface area is 175 Å². The second-order valence-electron chi connectivity index (χ2n) is 8.23. The largest absolute Gasteiger partial charge is 0.492 e. The maximum absolute atomic E-state index is 12.7. The minimum absolute atomic E-state index is 0.0911. The molecular weight excluding hydrogens is 419 g/mol. The molecule has 0 bridgehead atoms. The van der Waals surface area contributed by atoms with E-state index >= 15 is 0 Å². The molecule has 1 saturated carbocycles. The van der Waals surface area contributed by atoms with E-state index in [-0.39, 0.29) is 12.6 Å². The first-order chi connectivity index (χ1) is 14.7.